The van der Waals surface area contributed by atoms with Crippen molar-refractivity contribution in [1.82, 2.24) is 0 Å². The maximum Gasteiger partial charge on any atom is 0.194 e. The van der Waals surface area contributed by atoms with E-state index in [0.29, 0.717) is 20.9 Å². The lowest BCUT2D eigenvalue weighted by Crippen LogP contribution is -2.04. The van der Waals surface area contributed by atoms with E-state index in [1.807, 2.05) is 42.5 Å². The Labute approximate surface area is 177 Å². The highest BCUT2D eigenvalue weighted by molar-refractivity contribution is 9.11. The first kappa shape index (κ1) is 18.4. The van der Waals surface area contributed by atoms with Crippen molar-refractivity contribution < 1.29 is 9.90 Å². The van der Waals surface area contributed by atoms with E-state index in [9.17, 15) is 9.90 Å². The Hall–Kier alpha value is -1.95. The highest BCUT2D eigenvalue weighted by atomic mass is 79.9. The number of benzene rings is 3. The summed E-state index contributed by atoms with van der Waals surface area (Å²) in [4.78, 5) is 14.5. The molecule has 3 aromatic carbocycles. The molecule has 0 bridgehead atoms. The SMILES string of the molecule is O=C(c1cc(Br)c(O)c(Br)c1)c1c(Cc2ccccc2)sc2ccccc12. The molecule has 4 rings (SSSR count). The summed E-state index contributed by atoms with van der Waals surface area (Å²) in [7, 11) is 0. The zero-order valence-corrected chi connectivity index (χ0v) is 18.1. The van der Waals surface area contributed by atoms with Gasteiger partial charge in [-0.3, -0.25) is 4.79 Å². The van der Waals surface area contributed by atoms with Crippen molar-refractivity contribution in [3.05, 3.63) is 97.2 Å². The standard InChI is InChI=1S/C22H14Br2O2S/c23-16-11-14(12-17(24)22(16)26)21(25)20-15-8-4-5-9-18(15)27-19(20)10-13-6-2-1-3-7-13/h1-9,11-12,26H,10H2. The van der Waals surface area contributed by atoms with Gasteiger partial charge in [0.1, 0.15) is 5.75 Å². The van der Waals surface area contributed by atoms with Crippen LogP contribution in [-0.2, 0) is 6.42 Å². The summed E-state index contributed by atoms with van der Waals surface area (Å²) in [5, 5.41) is 10.9. The Morgan fingerprint density at radius 1 is 0.926 bits per heavy atom. The highest BCUT2D eigenvalue weighted by Gasteiger charge is 2.22. The predicted molar refractivity (Wildman–Crippen MR) is 118 cm³/mol. The number of halogens is 2. The molecule has 4 aromatic rings. The second-order valence-corrected chi connectivity index (χ2v) is 9.02. The third kappa shape index (κ3) is 3.59. The summed E-state index contributed by atoms with van der Waals surface area (Å²) in [6.45, 7) is 0. The van der Waals surface area contributed by atoms with Crippen LogP contribution in [0.2, 0.25) is 0 Å². The Morgan fingerprint density at radius 3 is 2.26 bits per heavy atom. The molecule has 0 spiro atoms. The van der Waals surface area contributed by atoms with Gasteiger partial charge in [0.2, 0.25) is 0 Å². The molecule has 0 aliphatic carbocycles. The van der Waals surface area contributed by atoms with E-state index < -0.39 is 0 Å². The predicted octanol–water partition coefficient (Wildman–Crippen LogP) is 6.95. The van der Waals surface area contributed by atoms with Gasteiger partial charge in [0.25, 0.3) is 0 Å². The molecule has 2 nitrogen and oxygen atoms in total. The second kappa shape index (κ2) is 7.58. The van der Waals surface area contributed by atoms with Crippen LogP contribution in [0.4, 0.5) is 0 Å². The van der Waals surface area contributed by atoms with Crippen LogP contribution in [0, 0.1) is 0 Å². The number of rotatable bonds is 4. The van der Waals surface area contributed by atoms with Crippen LogP contribution in [0.1, 0.15) is 26.4 Å². The van der Waals surface area contributed by atoms with Crippen molar-refractivity contribution in [2.75, 3.05) is 0 Å². The summed E-state index contributed by atoms with van der Waals surface area (Å²) in [5.41, 5.74) is 2.44. The second-order valence-electron chi connectivity index (χ2n) is 6.18. The van der Waals surface area contributed by atoms with Gasteiger partial charge in [-0.25, -0.2) is 0 Å². The first-order valence-electron chi connectivity index (χ1n) is 8.31. The molecule has 0 atom stereocenters. The van der Waals surface area contributed by atoms with Gasteiger partial charge < -0.3 is 5.11 Å². The Morgan fingerprint density at radius 2 is 1.56 bits per heavy atom. The lowest BCUT2D eigenvalue weighted by Gasteiger charge is -2.08. The zero-order chi connectivity index (χ0) is 19.0. The first-order chi connectivity index (χ1) is 13.0. The van der Waals surface area contributed by atoms with E-state index >= 15 is 0 Å². The summed E-state index contributed by atoms with van der Waals surface area (Å²) >= 11 is 8.30. The number of thiophene rings is 1. The van der Waals surface area contributed by atoms with Gasteiger partial charge in [-0.15, -0.1) is 11.3 Å². The van der Waals surface area contributed by atoms with Crippen molar-refractivity contribution >= 4 is 59.1 Å². The van der Waals surface area contributed by atoms with Crippen LogP contribution in [0.3, 0.4) is 0 Å². The minimum atomic E-state index is -0.0419. The number of carbonyl (C=O) groups is 1. The summed E-state index contributed by atoms with van der Waals surface area (Å²) in [6, 6.07) is 21.5. The fraction of sp³-hybridized carbons (Fsp3) is 0.0455. The molecule has 27 heavy (non-hydrogen) atoms. The molecular formula is C22H14Br2O2S. The van der Waals surface area contributed by atoms with Gasteiger partial charge in [0, 0.05) is 32.5 Å². The molecule has 5 heteroatoms. The van der Waals surface area contributed by atoms with Gasteiger partial charge in [-0.2, -0.15) is 0 Å². The van der Waals surface area contributed by atoms with E-state index in [2.05, 4.69) is 44.0 Å². The molecule has 134 valence electrons. The van der Waals surface area contributed by atoms with Crippen LogP contribution in [-0.4, -0.2) is 10.9 Å². The summed E-state index contributed by atoms with van der Waals surface area (Å²) < 4.78 is 2.08. The number of phenolic OH excluding ortho intramolecular Hbond substituents is 1. The van der Waals surface area contributed by atoms with E-state index in [1.165, 1.54) is 5.56 Å². The van der Waals surface area contributed by atoms with Gasteiger partial charge in [-0.05, 0) is 55.6 Å². The molecule has 0 aliphatic heterocycles. The molecular weight excluding hydrogens is 488 g/mol. The fourth-order valence-electron chi connectivity index (χ4n) is 3.09. The molecule has 0 saturated heterocycles. The number of ketones is 1. The number of hydrogen-bond acceptors (Lipinski definition) is 3. The highest BCUT2D eigenvalue weighted by Crippen LogP contribution is 2.37. The lowest BCUT2D eigenvalue weighted by molar-refractivity contribution is 0.104. The third-order valence-electron chi connectivity index (χ3n) is 4.38. The molecule has 1 N–H and O–H groups in total. The fourth-order valence-corrected chi connectivity index (χ4v) is 5.51. The van der Waals surface area contributed by atoms with E-state index in [1.54, 1.807) is 23.5 Å². The Balaban J connectivity index is 1.87. The molecule has 0 saturated carbocycles. The number of hydrogen-bond donors (Lipinski definition) is 1. The minimum absolute atomic E-state index is 0.0419. The van der Waals surface area contributed by atoms with E-state index in [0.717, 1.165) is 20.5 Å². The van der Waals surface area contributed by atoms with Crippen LogP contribution in [0.25, 0.3) is 10.1 Å². The molecule has 0 unspecified atom stereocenters. The van der Waals surface area contributed by atoms with Gasteiger partial charge in [0.15, 0.2) is 5.78 Å². The minimum Gasteiger partial charge on any atom is -0.506 e. The zero-order valence-electron chi connectivity index (χ0n) is 14.1. The first-order valence-corrected chi connectivity index (χ1v) is 10.7. The average Bonchev–Trinajstić information content (AvgIpc) is 3.03. The summed E-state index contributed by atoms with van der Waals surface area (Å²) in [6.07, 6.45) is 0.710. The smallest absolute Gasteiger partial charge is 0.194 e. The van der Waals surface area contributed by atoms with Crippen molar-refractivity contribution in [3.63, 3.8) is 0 Å². The van der Waals surface area contributed by atoms with Gasteiger partial charge >= 0.3 is 0 Å². The molecule has 0 fully saturated rings. The molecule has 0 amide bonds. The molecule has 0 radical (unpaired) electrons. The quantitative estimate of drug-likeness (QED) is 0.307. The Bertz CT molecular complexity index is 1130. The van der Waals surface area contributed by atoms with Crippen LogP contribution in [0.15, 0.2) is 75.7 Å². The average molecular weight is 502 g/mol. The molecule has 0 aliphatic rings. The monoisotopic (exact) mass is 500 g/mol. The molecule has 1 heterocycles. The van der Waals surface area contributed by atoms with Crippen LogP contribution >= 0.6 is 43.2 Å². The lowest BCUT2D eigenvalue weighted by atomic mass is 9.97. The van der Waals surface area contributed by atoms with E-state index in [-0.39, 0.29) is 11.5 Å². The number of phenols is 1. The van der Waals surface area contributed by atoms with Gasteiger partial charge in [-0.1, -0.05) is 48.5 Å². The van der Waals surface area contributed by atoms with Crippen molar-refractivity contribution in [3.8, 4) is 5.75 Å². The third-order valence-corrected chi connectivity index (χ3v) is 6.76. The number of carbonyl (C=O) groups excluding carboxylic acids is 1. The number of aromatic hydroxyl groups is 1. The van der Waals surface area contributed by atoms with Crippen LogP contribution < -0.4 is 0 Å². The largest absolute Gasteiger partial charge is 0.506 e. The topological polar surface area (TPSA) is 37.3 Å². The van der Waals surface area contributed by atoms with Crippen LogP contribution in [0.5, 0.6) is 5.75 Å². The maximum atomic E-state index is 13.4. The van der Waals surface area contributed by atoms with Crippen molar-refractivity contribution in [1.29, 1.82) is 0 Å². The molecule has 1 aromatic heterocycles. The number of fused-ring (bicyclic) bond motifs is 1. The van der Waals surface area contributed by atoms with Crippen molar-refractivity contribution in [2.45, 2.75) is 6.42 Å². The summed E-state index contributed by atoms with van der Waals surface area (Å²) in [5.74, 6) is 0.0472. The normalized spacial score (nSPS) is 11.0. The Kier molecular flexibility index (Phi) is 5.17. The van der Waals surface area contributed by atoms with Gasteiger partial charge in [0.05, 0.1) is 8.95 Å². The van der Waals surface area contributed by atoms with Crippen molar-refractivity contribution in [2.24, 2.45) is 0 Å². The maximum absolute atomic E-state index is 13.4. The van der Waals surface area contributed by atoms with E-state index in [4.69, 9.17) is 0 Å².